The van der Waals surface area contributed by atoms with Crippen molar-refractivity contribution in [2.75, 3.05) is 32.7 Å². The molecule has 124 valence electrons. The predicted octanol–water partition coefficient (Wildman–Crippen LogP) is 1.86. The summed E-state index contributed by atoms with van der Waals surface area (Å²) < 4.78 is 12.9. The standard InChI is InChI=1S/C18H18FN3O2/c19-16-3-1-14(2-4-16)17(23)13-21-9-11-22(12-10-21)18(24)15-5-7-20-8-6-15/h1-8H,9-13H2. The summed E-state index contributed by atoms with van der Waals surface area (Å²) in [5, 5.41) is 0. The number of hydrogen-bond donors (Lipinski definition) is 0. The van der Waals surface area contributed by atoms with Crippen LogP contribution < -0.4 is 0 Å². The maximum Gasteiger partial charge on any atom is 0.254 e. The second-order valence-corrected chi connectivity index (χ2v) is 5.73. The van der Waals surface area contributed by atoms with E-state index in [2.05, 4.69) is 4.98 Å². The van der Waals surface area contributed by atoms with Gasteiger partial charge in [0, 0.05) is 49.7 Å². The highest BCUT2D eigenvalue weighted by atomic mass is 19.1. The third-order valence-electron chi connectivity index (χ3n) is 4.12. The third-order valence-corrected chi connectivity index (χ3v) is 4.12. The maximum absolute atomic E-state index is 12.9. The minimum Gasteiger partial charge on any atom is -0.336 e. The number of pyridine rings is 1. The summed E-state index contributed by atoms with van der Waals surface area (Å²) in [5.41, 5.74) is 1.13. The Morgan fingerprint density at radius 3 is 2.17 bits per heavy atom. The molecule has 2 heterocycles. The minimum absolute atomic E-state index is 0.0121. The topological polar surface area (TPSA) is 53.5 Å². The zero-order valence-corrected chi connectivity index (χ0v) is 13.2. The monoisotopic (exact) mass is 327 g/mol. The molecule has 1 aromatic carbocycles. The van der Waals surface area contributed by atoms with E-state index in [4.69, 9.17) is 0 Å². The zero-order chi connectivity index (χ0) is 16.9. The molecule has 0 saturated carbocycles. The number of Topliss-reactive ketones (excluding diaryl/α,β-unsaturated/α-hetero) is 1. The summed E-state index contributed by atoms with van der Waals surface area (Å²) >= 11 is 0. The highest BCUT2D eigenvalue weighted by Crippen LogP contribution is 2.10. The van der Waals surface area contributed by atoms with Gasteiger partial charge in [0.15, 0.2) is 5.78 Å². The molecule has 1 amide bonds. The number of hydrogen-bond acceptors (Lipinski definition) is 4. The molecule has 0 aliphatic carbocycles. The fourth-order valence-electron chi connectivity index (χ4n) is 2.72. The summed E-state index contributed by atoms with van der Waals surface area (Å²) in [6.45, 7) is 2.73. The lowest BCUT2D eigenvalue weighted by Crippen LogP contribution is -2.49. The molecule has 1 aromatic heterocycles. The Morgan fingerprint density at radius 1 is 0.917 bits per heavy atom. The molecule has 2 aromatic rings. The van der Waals surface area contributed by atoms with E-state index in [1.807, 2.05) is 4.90 Å². The number of ketones is 1. The molecule has 6 heteroatoms. The van der Waals surface area contributed by atoms with Gasteiger partial charge < -0.3 is 4.90 Å². The van der Waals surface area contributed by atoms with E-state index in [1.165, 1.54) is 24.3 Å². The second kappa shape index (κ2) is 7.31. The molecule has 0 atom stereocenters. The zero-order valence-electron chi connectivity index (χ0n) is 13.2. The summed E-state index contributed by atoms with van der Waals surface area (Å²) in [5.74, 6) is -0.402. The van der Waals surface area contributed by atoms with Crippen molar-refractivity contribution in [2.24, 2.45) is 0 Å². The highest BCUT2D eigenvalue weighted by Gasteiger charge is 2.23. The van der Waals surface area contributed by atoms with Crippen molar-refractivity contribution in [2.45, 2.75) is 0 Å². The Balaban J connectivity index is 1.53. The lowest BCUT2D eigenvalue weighted by atomic mass is 10.1. The number of rotatable bonds is 4. The number of nitrogens with zero attached hydrogens (tertiary/aromatic N) is 3. The van der Waals surface area contributed by atoms with Crippen molar-refractivity contribution in [1.82, 2.24) is 14.8 Å². The fourth-order valence-corrected chi connectivity index (χ4v) is 2.72. The van der Waals surface area contributed by atoms with Crippen LogP contribution in [0, 0.1) is 5.82 Å². The van der Waals surface area contributed by atoms with Crippen LogP contribution in [0.25, 0.3) is 0 Å². The highest BCUT2D eigenvalue weighted by molar-refractivity contribution is 5.97. The molecular weight excluding hydrogens is 309 g/mol. The molecule has 1 saturated heterocycles. The van der Waals surface area contributed by atoms with Crippen molar-refractivity contribution < 1.29 is 14.0 Å². The fraction of sp³-hybridized carbons (Fsp3) is 0.278. The molecular formula is C18H18FN3O2. The summed E-state index contributed by atoms with van der Waals surface area (Å²) in [4.78, 5) is 32.3. The maximum atomic E-state index is 12.9. The molecule has 0 unspecified atom stereocenters. The van der Waals surface area contributed by atoms with Crippen LogP contribution in [0.3, 0.4) is 0 Å². The molecule has 1 fully saturated rings. The molecule has 24 heavy (non-hydrogen) atoms. The Labute approximate surface area is 139 Å². The average Bonchev–Trinajstić information content (AvgIpc) is 2.63. The van der Waals surface area contributed by atoms with Crippen LogP contribution in [-0.2, 0) is 0 Å². The Morgan fingerprint density at radius 2 is 1.54 bits per heavy atom. The first kappa shape index (κ1) is 16.3. The number of halogens is 1. The van der Waals surface area contributed by atoms with Gasteiger partial charge in [0.25, 0.3) is 5.91 Å². The van der Waals surface area contributed by atoms with Crippen LogP contribution >= 0.6 is 0 Å². The van der Waals surface area contributed by atoms with E-state index in [1.54, 1.807) is 29.4 Å². The van der Waals surface area contributed by atoms with E-state index in [9.17, 15) is 14.0 Å². The SMILES string of the molecule is O=C(CN1CCN(C(=O)c2ccncc2)CC1)c1ccc(F)cc1. The molecule has 1 aliphatic heterocycles. The molecule has 1 aliphatic rings. The number of aromatic nitrogens is 1. The molecule has 0 spiro atoms. The van der Waals surface area contributed by atoms with Gasteiger partial charge in [0.05, 0.1) is 6.54 Å². The van der Waals surface area contributed by atoms with Gasteiger partial charge in [-0.15, -0.1) is 0 Å². The van der Waals surface area contributed by atoms with Gasteiger partial charge in [-0.25, -0.2) is 4.39 Å². The number of amides is 1. The van der Waals surface area contributed by atoms with Gasteiger partial charge in [-0.05, 0) is 36.4 Å². The predicted molar refractivity (Wildman–Crippen MR) is 87.3 cm³/mol. The number of benzene rings is 1. The van der Waals surface area contributed by atoms with E-state index >= 15 is 0 Å². The van der Waals surface area contributed by atoms with Crippen LogP contribution in [0.4, 0.5) is 4.39 Å². The lowest BCUT2D eigenvalue weighted by molar-refractivity contribution is 0.0624. The quantitative estimate of drug-likeness (QED) is 0.805. The van der Waals surface area contributed by atoms with Crippen LogP contribution in [0.2, 0.25) is 0 Å². The van der Waals surface area contributed by atoms with Crippen LogP contribution in [0.15, 0.2) is 48.8 Å². The number of carbonyl (C=O) groups is 2. The van der Waals surface area contributed by atoms with E-state index in [0.29, 0.717) is 37.3 Å². The van der Waals surface area contributed by atoms with Crippen molar-refractivity contribution in [3.05, 3.63) is 65.7 Å². The molecule has 5 nitrogen and oxygen atoms in total. The normalized spacial score (nSPS) is 15.3. The van der Waals surface area contributed by atoms with Gasteiger partial charge in [-0.1, -0.05) is 0 Å². The van der Waals surface area contributed by atoms with Crippen LogP contribution in [0.5, 0.6) is 0 Å². The van der Waals surface area contributed by atoms with E-state index < -0.39 is 0 Å². The minimum atomic E-state index is -0.352. The first-order valence-electron chi connectivity index (χ1n) is 7.84. The summed E-state index contributed by atoms with van der Waals surface area (Å²) in [6, 6.07) is 8.98. The van der Waals surface area contributed by atoms with Crippen LogP contribution in [0.1, 0.15) is 20.7 Å². The molecule has 3 rings (SSSR count). The Hall–Kier alpha value is -2.60. The number of carbonyl (C=O) groups excluding carboxylic acids is 2. The molecule has 0 N–H and O–H groups in total. The third kappa shape index (κ3) is 3.83. The second-order valence-electron chi connectivity index (χ2n) is 5.73. The lowest BCUT2D eigenvalue weighted by Gasteiger charge is -2.34. The summed E-state index contributed by atoms with van der Waals surface area (Å²) in [7, 11) is 0. The first-order chi connectivity index (χ1) is 11.6. The first-order valence-corrected chi connectivity index (χ1v) is 7.84. The summed E-state index contributed by atoms with van der Waals surface area (Å²) in [6.07, 6.45) is 3.20. The van der Waals surface area contributed by atoms with Crippen molar-refractivity contribution in [1.29, 1.82) is 0 Å². The number of piperazine rings is 1. The van der Waals surface area contributed by atoms with Gasteiger partial charge in [0.2, 0.25) is 0 Å². The van der Waals surface area contributed by atoms with Crippen molar-refractivity contribution in [3.8, 4) is 0 Å². The van der Waals surface area contributed by atoms with E-state index in [0.717, 1.165) is 0 Å². The van der Waals surface area contributed by atoms with Gasteiger partial charge >= 0.3 is 0 Å². The van der Waals surface area contributed by atoms with E-state index in [-0.39, 0.29) is 24.1 Å². The van der Waals surface area contributed by atoms with Gasteiger partial charge in [0.1, 0.15) is 5.82 Å². The Bertz CT molecular complexity index is 711. The largest absolute Gasteiger partial charge is 0.336 e. The average molecular weight is 327 g/mol. The van der Waals surface area contributed by atoms with Crippen molar-refractivity contribution in [3.63, 3.8) is 0 Å². The smallest absolute Gasteiger partial charge is 0.254 e. The van der Waals surface area contributed by atoms with Gasteiger partial charge in [-0.3, -0.25) is 19.5 Å². The molecule has 0 radical (unpaired) electrons. The van der Waals surface area contributed by atoms with Crippen LogP contribution in [-0.4, -0.2) is 59.2 Å². The van der Waals surface area contributed by atoms with Crippen molar-refractivity contribution >= 4 is 11.7 Å². The Kier molecular flexibility index (Phi) is 4.96. The molecule has 0 bridgehead atoms. The van der Waals surface area contributed by atoms with Gasteiger partial charge in [-0.2, -0.15) is 0 Å².